The van der Waals surface area contributed by atoms with Crippen LogP contribution < -0.4 is 9.46 Å². The van der Waals surface area contributed by atoms with Crippen LogP contribution in [-0.4, -0.2) is 15.5 Å². The molecule has 4 nitrogen and oxygen atoms in total. The van der Waals surface area contributed by atoms with Gasteiger partial charge >= 0.3 is 0 Å². The average Bonchev–Trinajstić information content (AvgIpc) is 2.42. The van der Waals surface area contributed by atoms with Crippen molar-refractivity contribution >= 4 is 27.3 Å². The molecule has 0 saturated carbocycles. The SMILES string of the molecule is COc1cccc(S(=O)(=O)Nc2ccc(Cl)cc2F)c1. The lowest BCUT2D eigenvalue weighted by atomic mass is 10.3. The molecule has 0 aliphatic carbocycles. The summed E-state index contributed by atoms with van der Waals surface area (Å²) in [5.74, 6) is -0.353. The van der Waals surface area contributed by atoms with Gasteiger partial charge in [0.25, 0.3) is 10.0 Å². The van der Waals surface area contributed by atoms with Gasteiger partial charge in [0.05, 0.1) is 17.7 Å². The van der Waals surface area contributed by atoms with E-state index >= 15 is 0 Å². The number of rotatable bonds is 4. The number of ether oxygens (including phenoxy) is 1. The third kappa shape index (κ3) is 3.20. The number of halogens is 2. The summed E-state index contributed by atoms with van der Waals surface area (Å²) < 4.78 is 45.0. The Hall–Kier alpha value is -1.79. The van der Waals surface area contributed by atoms with Crippen LogP contribution in [0, 0.1) is 5.82 Å². The Morgan fingerprint density at radius 2 is 1.95 bits per heavy atom. The number of benzene rings is 2. The second-order valence-corrected chi connectivity index (χ2v) is 6.03. The number of hydrogen-bond donors (Lipinski definition) is 1. The molecule has 0 aromatic heterocycles. The summed E-state index contributed by atoms with van der Waals surface area (Å²) in [5.41, 5.74) is -0.169. The largest absolute Gasteiger partial charge is 0.497 e. The van der Waals surface area contributed by atoms with E-state index in [1.54, 1.807) is 6.07 Å². The van der Waals surface area contributed by atoms with Crippen molar-refractivity contribution in [3.63, 3.8) is 0 Å². The molecule has 1 N–H and O–H groups in total. The summed E-state index contributed by atoms with van der Waals surface area (Å²) >= 11 is 5.61. The van der Waals surface area contributed by atoms with Crippen LogP contribution >= 0.6 is 11.6 Å². The first-order valence-electron chi connectivity index (χ1n) is 5.54. The van der Waals surface area contributed by atoms with Crippen LogP contribution in [0.25, 0.3) is 0 Å². The lowest BCUT2D eigenvalue weighted by Crippen LogP contribution is -2.14. The van der Waals surface area contributed by atoms with E-state index in [1.807, 2.05) is 0 Å². The highest BCUT2D eigenvalue weighted by Gasteiger charge is 2.17. The van der Waals surface area contributed by atoms with E-state index in [9.17, 15) is 12.8 Å². The second-order valence-electron chi connectivity index (χ2n) is 3.91. The molecule has 106 valence electrons. The maximum atomic E-state index is 13.6. The molecule has 2 rings (SSSR count). The minimum Gasteiger partial charge on any atom is -0.497 e. The zero-order valence-corrected chi connectivity index (χ0v) is 12.0. The van der Waals surface area contributed by atoms with Crippen molar-refractivity contribution in [1.29, 1.82) is 0 Å². The Morgan fingerprint density at radius 1 is 1.20 bits per heavy atom. The maximum Gasteiger partial charge on any atom is 0.262 e. The van der Waals surface area contributed by atoms with Gasteiger partial charge in [0.2, 0.25) is 0 Å². The summed E-state index contributed by atoms with van der Waals surface area (Å²) in [5, 5.41) is 0.187. The predicted octanol–water partition coefficient (Wildman–Crippen LogP) is 3.29. The average molecular weight is 316 g/mol. The van der Waals surface area contributed by atoms with Crippen LogP contribution in [0.5, 0.6) is 5.75 Å². The molecule has 2 aromatic carbocycles. The first-order valence-corrected chi connectivity index (χ1v) is 7.40. The molecule has 0 bridgehead atoms. The number of sulfonamides is 1. The topological polar surface area (TPSA) is 55.4 Å². The van der Waals surface area contributed by atoms with Crippen LogP contribution in [-0.2, 0) is 10.0 Å². The van der Waals surface area contributed by atoms with E-state index < -0.39 is 15.8 Å². The van der Waals surface area contributed by atoms with Gasteiger partial charge in [-0.25, -0.2) is 12.8 Å². The Bertz CT molecular complexity index is 734. The highest BCUT2D eigenvalue weighted by atomic mass is 35.5. The molecule has 0 atom stereocenters. The van der Waals surface area contributed by atoms with E-state index in [1.165, 1.54) is 37.4 Å². The Labute approximate surface area is 121 Å². The van der Waals surface area contributed by atoms with Crippen molar-refractivity contribution in [2.45, 2.75) is 4.90 Å². The molecule has 7 heteroatoms. The lowest BCUT2D eigenvalue weighted by Gasteiger charge is -2.10. The molecule has 0 spiro atoms. The monoisotopic (exact) mass is 315 g/mol. The molecule has 0 aliphatic rings. The molecular formula is C13H11ClFNO3S. The van der Waals surface area contributed by atoms with Gasteiger partial charge < -0.3 is 4.74 Å². The van der Waals surface area contributed by atoms with Gasteiger partial charge in [0.15, 0.2) is 0 Å². The number of methoxy groups -OCH3 is 1. The maximum absolute atomic E-state index is 13.6. The van der Waals surface area contributed by atoms with Crippen molar-refractivity contribution in [3.8, 4) is 5.75 Å². The van der Waals surface area contributed by atoms with Gasteiger partial charge in [-0.2, -0.15) is 0 Å². The van der Waals surface area contributed by atoms with Crippen molar-refractivity contribution in [3.05, 3.63) is 53.3 Å². The molecule has 0 aliphatic heterocycles. The minimum atomic E-state index is -3.89. The fourth-order valence-corrected chi connectivity index (χ4v) is 2.80. The quantitative estimate of drug-likeness (QED) is 0.942. The van der Waals surface area contributed by atoms with E-state index in [-0.39, 0.29) is 15.6 Å². The third-order valence-corrected chi connectivity index (χ3v) is 4.13. The smallest absolute Gasteiger partial charge is 0.262 e. The second kappa shape index (κ2) is 5.68. The number of anilines is 1. The fourth-order valence-electron chi connectivity index (χ4n) is 1.54. The number of hydrogen-bond acceptors (Lipinski definition) is 3. The zero-order chi connectivity index (χ0) is 14.8. The first-order chi connectivity index (χ1) is 9.42. The van der Waals surface area contributed by atoms with Crippen molar-refractivity contribution in [2.24, 2.45) is 0 Å². The summed E-state index contributed by atoms with van der Waals surface area (Å²) in [4.78, 5) is -0.0220. The van der Waals surface area contributed by atoms with Crippen molar-refractivity contribution in [1.82, 2.24) is 0 Å². The molecule has 2 aromatic rings. The molecule has 0 fully saturated rings. The molecule has 20 heavy (non-hydrogen) atoms. The molecule has 0 heterocycles. The highest BCUT2D eigenvalue weighted by molar-refractivity contribution is 7.92. The zero-order valence-electron chi connectivity index (χ0n) is 10.4. The lowest BCUT2D eigenvalue weighted by molar-refractivity contribution is 0.413. The number of nitrogens with one attached hydrogen (secondary N) is 1. The van der Waals surface area contributed by atoms with Crippen molar-refractivity contribution < 1.29 is 17.5 Å². The fraction of sp³-hybridized carbons (Fsp3) is 0.0769. The van der Waals surface area contributed by atoms with Crippen molar-refractivity contribution in [2.75, 3.05) is 11.8 Å². The van der Waals surface area contributed by atoms with Crippen LogP contribution in [0.4, 0.5) is 10.1 Å². The summed E-state index contributed by atoms with van der Waals surface area (Å²) in [6.07, 6.45) is 0. The summed E-state index contributed by atoms with van der Waals surface area (Å²) in [6.45, 7) is 0. The van der Waals surface area contributed by atoms with E-state index in [4.69, 9.17) is 16.3 Å². The van der Waals surface area contributed by atoms with Crippen LogP contribution in [0.2, 0.25) is 5.02 Å². The molecular weight excluding hydrogens is 305 g/mol. The van der Waals surface area contributed by atoms with E-state index in [0.29, 0.717) is 5.75 Å². The van der Waals surface area contributed by atoms with Gasteiger partial charge in [-0.05, 0) is 30.3 Å². The normalized spacial score (nSPS) is 11.2. The minimum absolute atomic E-state index is 0.0220. The molecule has 0 unspecified atom stereocenters. The highest BCUT2D eigenvalue weighted by Crippen LogP contribution is 2.23. The summed E-state index contributed by atoms with van der Waals surface area (Å²) in [7, 11) is -2.47. The third-order valence-electron chi connectivity index (χ3n) is 2.53. The van der Waals surface area contributed by atoms with Gasteiger partial charge in [0, 0.05) is 11.1 Å². The molecule has 0 amide bonds. The van der Waals surface area contributed by atoms with Gasteiger partial charge in [0.1, 0.15) is 11.6 Å². The van der Waals surface area contributed by atoms with Gasteiger partial charge in [-0.1, -0.05) is 17.7 Å². The van der Waals surface area contributed by atoms with E-state index in [2.05, 4.69) is 4.72 Å². The summed E-state index contributed by atoms with van der Waals surface area (Å²) in [6, 6.07) is 9.57. The predicted molar refractivity (Wildman–Crippen MR) is 75.2 cm³/mol. The van der Waals surface area contributed by atoms with Gasteiger partial charge in [-0.15, -0.1) is 0 Å². The first kappa shape index (κ1) is 14.6. The Morgan fingerprint density at radius 3 is 2.60 bits per heavy atom. The molecule has 0 radical (unpaired) electrons. The van der Waals surface area contributed by atoms with Crippen LogP contribution in [0.15, 0.2) is 47.4 Å². The standard InChI is InChI=1S/C13H11ClFNO3S/c1-19-10-3-2-4-11(8-10)20(17,18)16-13-6-5-9(14)7-12(13)15/h2-8,16H,1H3. The van der Waals surface area contributed by atoms with E-state index in [0.717, 1.165) is 6.07 Å². The Balaban J connectivity index is 2.35. The van der Waals surface area contributed by atoms with Gasteiger partial charge in [-0.3, -0.25) is 4.72 Å². The molecule has 0 saturated heterocycles. The Kier molecular flexibility index (Phi) is 4.15. The van der Waals surface area contributed by atoms with Crippen LogP contribution in [0.3, 0.4) is 0 Å². The van der Waals surface area contributed by atoms with Crippen LogP contribution in [0.1, 0.15) is 0 Å².